The van der Waals surface area contributed by atoms with E-state index < -0.39 is 11.9 Å². The van der Waals surface area contributed by atoms with Crippen molar-refractivity contribution in [1.82, 2.24) is 15.1 Å². The standard InChI is InChI=1S/C9H15N3O4/c1-6(5-13)11(2)8(15)4-12-7(14)3-10-9(12)16/h6,13H,3-5H2,1-2H3,(H,10,16). The number of amides is 4. The maximum absolute atomic E-state index is 11.6. The van der Waals surface area contributed by atoms with E-state index in [0.29, 0.717) is 0 Å². The Morgan fingerprint density at radius 2 is 2.25 bits per heavy atom. The fourth-order valence-corrected chi connectivity index (χ4v) is 1.23. The predicted octanol–water partition coefficient (Wildman–Crippen LogP) is -1.62. The van der Waals surface area contributed by atoms with Gasteiger partial charge >= 0.3 is 6.03 Å². The van der Waals surface area contributed by atoms with Crippen LogP contribution in [0, 0.1) is 0 Å². The number of aliphatic hydroxyl groups is 1. The van der Waals surface area contributed by atoms with Crippen molar-refractivity contribution in [2.24, 2.45) is 0 Å². The molecule has 2 N–H and O–H groups in total. The number of nitrogens with zero attached hydrogens (tertiary/aromatic N) is 2. The molecule has 0 saturated carbocycles. The maximum atomic E-state index is 11.6. The summed E-state index contributed by atoms with van der Waals surface area (Å²) in [6.45, 7) is 1.16. The lowest BCUT2D eigenvalue weighted by Crippen LogP contribution is -2.45. The highest BCUT2D eigenvalue weighted by atomic mass is 16.3. The van der Waals surface area contributed by atoms with E-state index in [1.54, 1.807) is 6.92 Å². The summed E-state index contributed by atoms with van der Waals surface area (Å²) in [5, 5.41) is 11.2. The normalized spacial score (nSPS) is 17.3. The van der Waals surface area contributed by atoms with Crippen LogP contribution in [0.1, 0.15) is 6.92 Å². The maximum Gasteiger partial charge on any atom is 0.325 e. The van der Waals surface area contributed by atoms with Gasteiger partial charge in [-0.25, -0.2) is 4.79 Å². The first-order chi connectivity index (χ1) is 7.47. The quantitative estimate of drug-likeness (QED) is 0.567. The molecule has 7 nitrogen and oxygen atoms in total. The topological polar surface area (TPSA) is 89.9 Å². The smallest absolute Gasteiger partial charge is 0.325 e. The van der Waals surface area contributed by atoms with E-state index >= 15 is 0 Å². The average molecular weight is 229 g/mol. The van der Waals surface area contributed by atoms with Crippen molar-refractivity contribution >= 4 is 17.8 Å². The first kappa shape index (κ1) is 12.4. The van der Waals surface area contributed by atoms with Crippen molar-refractivity contribution < 1.29 is 19.5 Å². The second-order valence-electron chi connectivity index (χ2n) is 3.67. The minimum absolute atomic E-state index is 0.0641. The highest BCUT2D eigenvalue weighted by Crippen LogP contribution is 2.02. The Morgan fingerprint density at radius 3 is 2.69 bits per heavy atom. The molecule has 0 aromatic rings. The Bertz CT molecular complexity index is 302. The third-order valence-electron chi connectivity index (χ3n) is 2.55. The van der Waals surface area contributed by atoms with Crippen molar-refractivity contribution in [3.63, 3.8) is 0 Å². The van der Waals surface area contributed by atoms with Crippen LogP contribution in [0.3, 0.4) is 0 Å². The zero-order valence-electron chi connectivity index (χ0n) is 9.27. The molecule has 16 heavy (non-hydrogen) atoms. The molecule has 1 heterocycles. The van der Waals surface area contributed by atoms with Crippen molar-refractivity contribution in [3.05, 3.63) is 0 Å². The van der Waals surface area contributed by atoms with E-state index in [-0.39, 0.29) is 31.6 Å². The van der Waals surface area contributed by atoms with Crippen LogP contribution < -0.4 is 5.32 Å². The van der Waals surface area contributed by atoms with Crippen LogP contribution in [-0.2, 0) is 9.59 Å². The van der Waals surface area contributed by atoms with Gasteiger partial charge in [-0.2, -0.15) is 0 Å². The fraction of sp³-hybridized carbons (Fsp3) is 0.667. The molecule has 0 spiro atoms. The molecule has 0 radical (unpaired) electrons. The molecule has 1 rings (SSSR count). The number of carbonyl (C=O) groups is 3. The number of hydrogen-bond donors (Lipinski definition) is 2. The Morgan fingerprint density at radius 1 is 1.62 bits per heavy atom. The molecule has 1 saturated heterocycles. The number of nitrogens with one attached hydrogen (secondary N) is 1. The first-order valence-corrected chi connectivity index (χ1v) is 4.92. The van der Waals surface area contributed by atoms with E-state index in [2.05, 4.69) is 5.32 Å². The van der Waals surface area contributed by atoms with Gasteiger partial charge in [0.1, 0.15) is 6.54 Å². The first-order valence-electron chi connectivity index (χ1n) is 4.92. The van der Waals surface area contributed by atoms with E-state index in [1.807, 2.05) is 0 Å². The molecule has 4 amide bonds. The van der Waals surface area contributed by atoms with E-state index in [9.17, 15) is 14.4 Å². The van der Waals surface area contributed by atoms with Crippen LogP contribution in [0.5, 0.6) is 0 Å². The second-order valence-corrected chi connectivity index (χ2v) is 3.67. The van der Waals surface area contributed by atoms with Crippen molar-refractivity contribution in [1.29, 1.82) is 0 Å². The predicted molar refractivity (Wildman–Crippen MR) is 54.4 cm³/mol. The van der Waals surface area contributed by atoms with Crippen LogP contribution in [0.15, 0.2) is 0 Å². The number of imide groups is 1. The highest BCUT2D eigenvalue weighted by molar-refractivity contribution is 6.04. The van der Waals surface area contributed by atoms with Crippen LogP contribution in [-0.4, -0.2) is 65.5 Å². The third kappa shape index (κ3) is 2.48. The van der Waals surface area contributed by atoms with Crippen LogP contribution >= 0.6 is 0 Å². The van der Waals surface area contributed by atoms with Gasteiger partial charge in [-0.1, -0.05) is 0 Å². The van der Waals surface area contributed by atoms with Crippen LogP contribution in [0.2, 0.25) is 0 Å². The van der Waals surface area contributed by atoms with E-state index in [1.165, 1.54) is 11.9 Å². The van der Waals surface area contributed by atoms with Crippen LogP contribution in [0.4, 0.5) is 4.79 Å². The number of likely N-dealkylation sites (N-methyl/N-ethyl adjacent to an activating group) is 1. The summed E-state index contributed by atoms with van der Waals surface area (Å²) in [4.78, 5) is 36.2. The van der Waals surface area contributed by atoms with Gasteiger partial charge in [0.15, 0.2) is 0 Å². The highest BCUT2D eigenvalue weighted by Gasteiger charge is 2.31. The number of urea groups is 1. The summed E-state index contributed by atoms with van der Waals surface area (Å²) in [5.41, 5.74) is 0. The van der Waals surface area contributed by atoms with Gasteiger partial charge in [0.2, 0.25) is 5.91 Å². The summed E-state index contributed by atoms with van der Waals surface area (Å²) in [6, 6.07) is -0.892. The number of rotatable bonds is 4. The molecule has 7 heteroatoms. The molecule has 0 aromatic heterocycles. The molecular formula is C9H15N3O4. The van der Waals surface area contributed by atoms with Crippen molar-refractivity contribution in [2.45, 2.75) is 13.0 Å². The minimum Gasteiger partial charge on any atom is -0.394 e. The van der Waals surface area contributed by atoms with Gasteiger partial charge in [-0.15, -0.1) is 0 Å². The molecule has 0 bridgehead atoms. The van der Waals surface area contributed by atoms with Gasteiger partial charge in [0, 0.05) is 7.05 Å². The lowest BCUT2D eigenvalue weighted by atomic mass is 10.3. The summed E-state index contributed by atoms with van der Waals surface area (Å²) < 4.78 is 0. The van der Waals surface area contributed by atoms with Gasteiger partial charge < -0.3 is 15.3 Å². The average Bonchev–Trinajstić information content (AvgIpc) is 2.58. The lowest BCUT2D eigenvalue weighted by molar-refractivity contribution is -0.137. The SMILES string of the molecule is CC(CO)N(C)C(=O)CN1C(=O)CNC1=O. The van der Waals surface area contributed by atoms with Crippen molar-refractivity contribution in [3.8, 4) is 0 Å². The molecule has 0 aromatic carbocycles. The van der Waals surface area contributed by atoms with Gasteiger partial charge in [-0.3, -0.25) is 14.5 Å². The third-order valence-corrected chi connectivity index (χ3v) is 2.55. The van der Waals surface area contributed by atoms with Crippen LogP contribution in [0.25, 0.3) is 0 Å². The van der Waals surface area contributed by atoms with E-state index in [0.717, 1.165) is 4.90 Å². The van der Waals surface area contributed by atoms with Crippen molar-refractivity contribution in [2.75, 3.05) is 26.7 Å². The minimum atomic E-state index is -0.552. The largest absolute Gasteiger partial charge is 0.394 e. The molecule has 1 fully saturated rings. The number of hydrogen-bond acceptors (Lipinski definition) is 4. The molecule has 1 aliphatic heterocycles. The molecule has 1 atom stereocenters. The second kappa shape index (κ2) is 4.93. The summed E-state index contributed by atoms with van der Waals surface area (Å²) in [6.07, 6.45) is 0. The Hall–Kier alpha value is -1.63. The fourth-order valence-electron chi connectivity index (χ4n) is 1.23. The molecular weight excluding hydrogens is 214 g/mol. The lowest BCUT2D eigenvalue weighted by Gasteiger charge is -2.24. The Balaban J connectivity index is 2.57. The summed E-state index contributed by atoms with van der Waals surface area (Å²) >= 11 is 0. The van der Waals surface area contributed by atoms with Gasteiger partial charge in [0.25, 0.3) is 5.91 Å². The monoisotopic (exact) mass is 229 g/mol. The zero-order chi connectivity index (χ0) is 12.3. The number of carbonyl (C=O) groups excluding carboxylic acids is 3. The van der Waals surface area contributed by atoms with E-state index in [4.69, 9.17) is 5.11 Å². The molecule has 1 unspecified atom stereocenters. The summed E-state index contributed by atoms with van der Waals surface area (Å²) in [7, 11) is 1.52. The molecule has 90 valence electrons. The van der Waals surface area contributed by atoms with Gasteiger partial charge in [0.05, 0.1) is 19.2 Å². The van der Waals surface area contributed by atoms with Gasteiger partial charge in [-0.05, 0) is 6.92 Å². The Labute approximate surface area is 93.0 Å². The summed E-state index contributed by atoms with van der Waals surface area (Å²) in [5.74, 6) is -0.796. The molecule has 0 aliphatic carbocycles. The molecule has 1 aliphatic rings. The number of aliphatic hydroxyl groups excluding tert-OH is 1. The zero-order valence-corrected chi connectivity index (χ0v) is 9.27. The Kier molecular flexibility index (Phi) is 3.83.